The van der Waals surface area contributed by atoms with Crippen LogP contribution < -0.4 is 0 Å². The van der Waals surface area contributed by atoms with Gasteiger partial charge in [0.2, 0.25) is 0 Å². The maximum absolute atomic E-state index is 11.8. The Balaban J connectivity index is 4.58. The van der Waals surface area contributed by atoms with Gasteiger partial charge in [-0.3, -0.25) is 9.59 Å². The van der Waals surface area contributed by atoms with Crippen molar-refractivity contribution in [3.8, 4) is 0 Å². The Kier molecular flexibility index (Phi) is 4.23. The Hall–Kier alpha value is -0.700. The molecular formula is C12H22O3. The summed E-state index contributed by atoms with van der Waals surface area (Å²) in [5.74, 6) is -0.0621. The van der Waals surface area contributed by atoms with Crippen LogP contribution in [0.25, 0.3) is 0 Å². The zero-order valence-corrected chi connectivity index (χ0v) is 10.8. The van der Waals surface area contributed by atoms with E-state index in [-0.39, 0.29) is 11.6 Å². The van der Waals surface area contributed by atoms with Crippen LogP contribution in [0.4, 0.5) is 0 Å². The van der Waals surface area contributed by atoms with Crippen molar-refractivity contribution in [3.63, 3.8) is 0 Å². The van der Waals surface area contributed by atoms with E-state index < -0.39 is 17.1 Å². The summed E-state index contributed by atoms with van der Waals surface area (Å²) in [5, 5.41) is 0. The van der Waals surface area contributed by atoms with E-state index in [0.29, 0.717) is 0 Å². The van der Waals surface area contributed by atoms with Gasteiger partial charge in [-0.05, 0) is 27.7 Å². The highest BCUT2D eigenvalue weighted by Gasteiger charge is 2.33. The molecule has 0 aliphatic rings. The first-order valence-electron chi connectivity index (χ1n) is 5.21. The van der Waals surface area contributed by atoms with Crippen LogP contribution in [-0.2, 0) is 14.3 Å². The smallest absolute Gasteiger partial charge is 0.166 e. The summed E-state index contributed by atoms with van der Waals surface area (Å²) in [6.45, 7) is 12.1. The van der Waals surface area contributed by atoms with Gasteiger partial charge in [-0.2, -0.15) is 0 Å². The van der Waals surface area contributed by atoms with Gasteiger partial charge in [0.25, 0.3) is 0 Å². The van der Waals surface area contributed by atoms with E-state index in [2.05, 4.69) is 0 Å². The Morgan fingerprint density at radius 1 is 1.07 bits per heavy atom. The predicted octanol–water partition coefficient (Wildman–Crippen LogP) is 2.37. The van der Waals surface area contributed by atoms with Gasteiger partial charge in [-0.15, -0.1) is 0 Å². The molecule has 3 nitrogen and oxygen atoms in total. The number of carbonyl (C=O) groups is 2. The summed E-state index contributed by atoms with van der Waals surface area (Å²) in [7, 11) is 0. The number of carbonyl (C=O) groups excluding carboxylic acids is 2. The standard InChI is InChI=1S/C12H22O3/c1-8(10(14)11(3,4)5)15-12(6,7)9(2)13/h8H,1-7H3. The minimum absolute atomic E-state index is 0.0109. The zero-order chi connectivity index (χ0) is 12.4. The van der Waals surface area contributed by atoms with Crippen LogP contribution in [0.3, 0.4) is 0 Å². The Morgan fingerprint density at radius 2 is 1.47 bits per heavy atom. The van der Waals surface area contributed by atoms with E-state index in [1.807, 2.05) is 20.8 Å². The Bertz CT molecular complexity index is 259. The van der Waals surface area contributed by atoms with Gasteiger partial charge in [0.1, 0.15) is 11.7 Å². The largest absolute Gasteiger partial charge is 0.357 e. The fourth-order valence-electron chi connectivity index (χ4n) is 1.19. The summed E-state index contributed by atoms with van der Waals surface area (Å²) in [4.78, 5) is 23.1. The molecule has 1 atom stereocenters. The van der Waals surface area contributed by atoms with Gasteiger partial charge in [0, 0.05) is 5.41 Å². The highest BCUT2D eigenvalue weighted by atomic mass is 16.5. The molecule has 0 amide bonds. The van der Waals surface area contributed by atoms with Gasteiger partial charge in [-0.1, -0.05) is 20.8 Å². The van der Waals surface area contributed by atoms with Crippen molar-refractivity contribution >= 4 is 11.6 Å². The molecule has 0 heterocycles. The van der Waals surface area contributed by atoms with E-state index in [9.17, 15) is 9.59 Å². The summed E-state index contributed by atoms with van der Waals surface area (Å²) in [5.41, 5.74) is -1.33. The van der Waals surface area contributed by atoms with Gasteiger partial charge >= 0.3 is 0 Å². The molecule has 0 fully saturated rings. The van der Waals surface area contributed by atoms with Crippen molar-refractivity contribution in [2.45, 2.75) is 60.2 Å². The predicted molar refractivity (Wildman–Crippen MR) is 59.8 cm³/mol. The Morgan fingerprint density at radius 3 is 1.73 bits per heavy atom. The highest BCUT2D eigenvalue weighted by Crippen LogP contribution is 2.22. The first-order valence-corrected chi connectivity index (χ1v) is 5.21. The molecule has 15 heavy (non-hydrogen) atoms. The Labute approximate surface area is 92.2 Å². The lowest BCUT2D eigenvalue weighted by Gasteiger charge is -2.29. The van der Waals surface area contributed by atoms with Crippen LogP contribution in [0.2, 0.25) is 0 Å². The lowest BCUT2D eigenvalue weighted by atomic mass is 9.87. The number of hydrogen-bond donors (Lipinski definition) is 0. The summed E-state index contributed by atoms with van der Waals surface area (Å²) in [6.07, 6.45) is -0.552. The fourth-order valence-corrected chi connectivity index (χ4v) is 1.19. The molecule has 0 aromatic rings. The van der Waals surface area contributed by atoms with Crippen molar-refractivity contribution in [2.75, 3.05) is 0 Å². The summed E-state index contributed by atoms with van der Waals surface area (Å²) >= 11 is 0. The van der Waals surface area contributed by atoms with Crippen molar-refractivity contribution in [3.05, 3.63) is 0 Å². The molecule has 0 bridgehead atoms. The topological polar surface area (TPSA) is 43.4 Å². The first-order chi connectivity index (χ1) is 6.48. The van der Waals surface area contributed by atoms with Crippen molar-refractivity contribution < 1.29 is 14.3 Å². The number of ketones is 2. The van der Waals surface area contributed by atoms with Gasteiger partial charge in [-0.25, -0.2) is 0 Å². The lowest BCUT2D eigenvalue weighted by molar-refractivity contribution is -0.156. The van der Waals surface area contributed by atoms with Gasteiger partial charge in [0.05, 0.1) is 0 Å². The monoisotopic (exact) mass is 214 g/mol. The minimum Gasteiger partial charge on any atom is -0.357 e. The summed E-state index contributed by atoms with van der Waals surface area (Å²) in [6, 6.07) is 0. The average Bonchev–Trinajstić information content (AvgIpc) is 2.00. The molecule has 0 aromatic heterocycles. The second kappa shape index (κ2) is 4.44. The van der Waals surface area contributed by atoms with Crippen molar-refractivity contribution in [2.24, 2.45) is 5.41 Å². The number of Topliss-reactive ketones (excluding diaryl/α,β-unsaturated/α-hetero) is 2. The van der Waals surface area contributed by atoms with Crippen LogP contribution in [0.5, 0.6) is 0 Å². The number of rotatable bonds is 4. The van der Waals surface area contributed by atoms with Crippen LogP contribution >= 0.6 is 0 Å². The number of hydrogen-bond acceptors (Lipinski definition) is 3. The molecule has 0 N–H and O–H groups in total. The molecule has 0 spiro atoms. The normalized spacial score (nSPS) is 14.9. The SMILES string of the molecule is CC(=O)C(C)(C)OC(C)C(=O)C(C)(C)C. The minimum atomic E-state index is -0.889. The van der Waals surface area contributed by atoms with E-state index in [0.717, 1.165) is 0 Å². The first kappa shape index (κ1) is 14.3. The third-order valence-corrected chi connectivity index (χ3v) is 2.43. The van der Waals surface area contributed by atoms with Crippen LogP contribution in [0, 0.1) is 5.41 Å². The molecular weight excluding hydrogens is 192 g/mol. The van der Waals surface area contributed by atoms with E-state index in [1.54, 1.807) is 20.8 Å². The summed E-state index contributed by atoms with van der Waals surface area (Å²) < 4.78 is 5.49. The highest BCUT2D eigenvalue weighted by molar-refractivity contribution is 5.89. The van der Waals surface area contributed by atoms with E-state index in [4.69, 9.17) is 4.74 Å². The quantitative estimate of drug-likeness (QED) is 0.721. The molecule has 0 aliphatic carbocycles. The molecule has 0 rings (SSSR count). The molecule has 0 saturated heterocycles. The van der Waals surface area contributed by atoms with Crippen LogP contribution in [0.1, 0.15) is 48.5 Å². The van der Waals surface area contributed by atoms with Gasteiger partial charge in [0.15, 0.2) is 11.6 Å². The second-order valence-electron chi connectivity index (χ2n) is 5.44. The lowest BCUT2D eigenvalue weighted by Crippen LogP contribution is -2.42. The molecule has 0 aliphatic heterocycles. The molecule has 3 heteroatoms. The zero-order valence-electron chi connectivity index (χ0n) is 10.8. The van der Waals surface area contributed by atoms with Crippen molar-refractivity contribution in [1.29, 1.82) is 0 Å². The molecule has 1 unspecified atom stereocenters. The third kappa shape index (κ3) is 4.12. The fraction of sp³-hybridized carbons (Fsp3) is 0.833. The maximum Gasteiger partial charge on any atom is 0.166 e. The van der Waals surface area contributed by atoms with E-state index >= 15 is 0 Å². The molecule has 0 aromatic carbocycles. The molecule has 0 radical (unpaired) electrons. The maximum atomic E-state index is 11.8. The van der Waals surface area contributed by atoms with Gasteiger partial charge < -0.3 is 4.74 Å². The van der Waals surface area contributed by atoms with E-state index in [1.165, 1.54) is 6.92 Å². The van der Waals surface area contributed by atoms with Crippen molar-refractivity contribution in [1.82, 2.24) is 0 Å². The van der Waals surface area contributed by atoms with Crippen LogP contribution in [-0.4, -0.2) is 23.3 Å². The van der Waals surface area contributed by atoms with Crippen LogP contribution in [0.15, 0.2) is 0 Å². The number of ether oxygens (including phenoxy) is 1. The second-order valence-corrected chi connectivity index (χ2v) is 5.44. The third-order valence-electron chi connectivity index (χ3n) is 2.43. The molecule has 88 valence electrons. The molecule has 0 saturated carbocycles. The average molecular weight is 214 g/mol.